The molecule has 3 aromatic rings. The van der Waals surface area contributed by atoms with Crippen molar-refractivity contribution in [2.45, 2.75) is 6.92 Å². The lowest BCUT2D eigenvalue weighted by molar-refractivity contribution is 0.623. The highest BCUT2D eigenvalue weighted by Gasteiger charge is 2.09. The highest BCUT2D eigenvalue weighted by Crippen LogP contribution is 2.30. The van der Waals surface area contributed by atoms with Gasteiger partial charge >= 0.3 is 0 Å². The second-order valence-electron chi connectivity index (χ2n) is 4.30. The van der Waals surface area contributed by atoms with Crippen LogP contribution in [0.2, 0.25) is 5.02 Å². The molecule has 0 saturated carbocycles. The Labute approximate surface area is 115 Å². The van der Waals surface area contributed by atoms with Gasteiger partial charge in [-0.05, 0) is 36.8 Å². The fraction of sp³-hybridized carbons (Fsp3) is 0.0714. The van der Waals surface area contributed by atoms with Crippen LogP contribution in [0.5, 0.6) is 0 Å². The van der Waals surface area contributed by atoms with Gasteiger partial charge < -0.3 is 15.5 Å². The van der Waals surface area contributed by atoms with E-state index in [9.17, 15) is 0 Å². The molecule has 2 aromatic carbocycles. The first-order chi connectivity index (χ1) is 9.13. The van der Waals surface area contributed by atoms with Crippen LogP contribution in [0.25, 0.3) is 11.1 Å². The van der Waals surface area contributed by atoms with E-state index in [1.165, 1.54) is 0 Å². The Balaban J connectivity index is 2.01. The van der Waals surface area contributed by atoms with Crippen molar-refractivity contribution in [1.29, 1.82) is 0 Å². The fourth-order valence-electron chi connectivity index (χ4n) is 1.90. The standard InChI is InChI=1S/C14H12ClN3O/c1-8-3-2-4-10(15)13(8)18-14-17-11-7-9(16)5-6-12(11)19-14/h2-7H,16H2,1H3,(H,17,18). The van der Waals surface area contributed by atoms with Crippen molar-refractivity contribution in [2.24, 2.45) is 0 Å². The number of hydrogen-bond acceptors (Lipinski definition) is 4. The van der Waals surface area contributed by atoms with Crippen molar-refractivity contribution in [3.63, 3.8) is 0 Å². The Morgan fingerprint density at radius 1 is 1.26 bits per heavy atom. The third-order valence-corrected chi connectivity index (χ3v) is 3.18. The van der Waals surface area contributed by atoms with Crippen LogP contribution in [0.15, 0.2) is 40.8 Å². The second-order valence-corrected chi connectivity index (χ2v) is 4.71. The third kappa shape index (κ3) is 2.22. The topological polar surface area (TPSA) is 64.1 Å². The van der Waals surface area contributed by atoms with E-state index in [0.717, 1.165) is 11.3 Å². The van der Waals surface area contributed by atoms with Gasteiger partial charge in [0.2, 0.25) is 0 Å². The minimum Gasteiger partial charge on any atom is -0.423 e. The number of para-hydroxylation sites is 1. The molecule has 0 saturated heterocycles. The predicted octanol–water partition coefficient (Wildman–Crippen LogP) is 4.12. The summed E-state index contributed by atoms with van der Waals surface area (Å²) in [6.45, 7) is 1.97. The minimum atomic E-state index is 0.400. The molecule has 19 heavy (non-hydrogen) atoms. The first-order valence-electron chi connectivity index (χ1n) is 5.82. The van der Waals surface area contributed by atoms with Gasteiger partial charge in [-0.25, -0.2) is 0 Å². The summed E-state index contributed by atoms with van der Waals surface area (Å²) in [6, 6.07) is 11.4. The average molecular weight is 274 g/mol. The second kappa shape index (κ2) is 4.48. The van der Waals surface area contributed by atoms with Crippen molar-refractivity contribution in [3.8, 4) is 0 Å². The monoisotopic (exact) mass is 273 g/mol. The number of rotatable bonds is 2. The van der Waals surface area contributed by atoms with Crippen LogP contribution in [0, 0.1) is 6.92 Å². The summed E-state index contributed by atoms with van der Waals surface area (Å²) >= 11 is 6.15. The van der Waals surface area contributed by atoms with Crippen LogP contribution in [-0.2, 0) is 0 Å². The number of nitrogen functional groups attached to an aromatic ring is 1. The Hall–Kier alpha value is -2.20. The molecule has 0 aliphatic carbocycles. The van der Waals surface area contributed by atoms with E-state index in [4.69, 9.17) is 21.8 Å². The molecule has 1 heterocycles. The molecule has 0 atom stereocenters. The van der Waals surface area contributed by atoms with E-state index in [2.05, 4.69) is 10.3 Å². The van der Waals surface area contributed by atoms with Crippen molar-refractivity contribution in [3.05, 3.63) is 47.0 Å². The Morgan fingerprint density at radius 3 is 2.89 bits per heavy atom. The zero-order valence-electron chi connectivity index (χ0n) is 10.3. The summed E-state index contributed by atoms with van der Waals surface area (Å²) in [5.74, 6) is 0. The van der Waals surface area contributed by atoms with E-state index in [1.54, 1.807) is 18.2 Å². The van der Waals surface area contributed by atoms with Crippen LogP contribution < -0.4 is 11.1 Å². The lowest BCUT2D eigenvalue weighted by Crippen LogP contribution is -1.93. The number of hydrogen-bond donors (Lipinski definition) is 2. The smallest absolute Gasteiger partial charge is 0.300 e. The molecule has 0 amide bonds. The number of nitrogens with two attached hydrogens (primary N) is 1. The van der Waals surface area contributed by atoms with Gasteiger partial charge in [0, 0.05) is 5.69 Å². The van der Waals surface area contributed by atoms with Gasteiger partial charge in [-0.3, -0.25) is 0 Å². The van der Waals surface area contributed by atoms with Crippen LogP contribution in [0.1, 0.15) is 5.56 Å². The number of aromatic nitrogens is 1. The number of fused-ring (bicyclic) bond motifs is 1. The quantitative estimate of drug-likeness (QED) is 0.690. The molecule has 5 heteroatoms. The molecule has 96 valence electrons. The number of oxazole rings is 1. The maximum absolute atomic E-state index is 6.15. The molecule has 3 N–H and O–H groups in total. The van der Waals surface area contributed by atoms with Gasteiger partial charge in [-0.2, -0.15) is 4.98 Å². The Kier molecular flexibility index (Phi) is 2.80. The summed E-state index contributed by atoms with van der Waals surface area (Å²) < 4.78 is 5.60. The summed E-state index contributed by atoms with van der Waals surface area (Å²) in [5.41, 5.74) is 9.58. The first kappa shape index (κ1) is 11.9. The van der Waals surface area contributed by atoms with Gasteiger partial charge in [0.1, 0.15) is 5.52 Å². The molecular formula is C14H12ClN3O. The van der Waals surface area contributed by atoms with E-state index in [0.29, 0.717) is 27.8 Å². The Bertz CT molecular complexity index is 731. The summed E-state index contributed by atoms with van der Waals surface area (Å²) in [4.78, 5) is 4.33. The maximum atomic E-state index is 6.15. The zero-order valence-corrected chi connectivity index (χ0v) is 11.0. The van der Waals surface area contributed by atoms with E-state index < -0.39 is 0 Å². The molecule has 0 unspecified atom stereocenters. The van der Waals surface area contributed by atoms with Crippen LogP contribution in [-0.4, -0.2) is 4.98 Å². The summed E-state index contributed by atoms with van der Waals surface area (Å²) in [5, 5.41) is 3.73. The first-order valence-corrected chi connectivity index (χ1v) is 6.19. The van der Waals surface area contributed by atoms with Crippen LogP contribution >= 0.6 is 11.6 Å². The normalized spacial score (nSPS) is 10.8. The average Bonchev–Trinajstić information content (AvgIpc) is 2.75. The number of halogens is 1. The highest BCUT2D eigenvalue weighted by atomic mass is 35.5. The van der Waals surface area contributed by atoms with Crippen molar-refractivity contribution in [1.82, 2.24) is 4.98 Å². The van der Waals surface area contributed by atoms with Crippen LogP contribution in [0.4, 0.5) is 17.4 Å². The molecule has 0 fully saturated rings. The summed E-state index contributed by atoms with van der Waals surface area (Å²) in [6.07, 6.45) is 0. The van der Waals surface area contributed by atoms with Crippen molar-refractivity contribution < 1.29 is 4.42 Å². The van der Waals surface area contributed by atoms with Gasteiger partial charge in [0.25, 0.3) is 6.01 Å². The van der Waals surface area contributed by atoms with Crippen molar-refractivity contribution >= 4 is 40.1 Å². The predicted molar refractivity (Wildman–Crippen MR) is 77.9 cm³/mol. The lowest BCUT2D eigenvalue weighted by Gasteiger charge is -2.07. The molecule has 0 spiro atoms. The molecular weight excluding hydrogens is 262 g/mol. The molecule has 1 aromatic heterocycles. The van der Waals surface area contributed by atoms with Gasteiger partial charge in [0.15, 0.2) is 5.58 Å². The van der Waals surface area contributed by atoms with E-state index >= 15 is 0 Å². The van der Waals surface area contributed by atoms with Crippen molar-refractivity contribution in [2.75, 3.05) is 11.1 Å². The van der Waals surface area contributed by atoms with E-state index in [1.807, 2.05) is 25.1 Å². The largest absolute Gasteiger partial charge is 0.423 e. The lowest BCUT2D eigenvalue weighted by atomic mass is 10.2. The SMILES string of the molecule is Cc1cccc(Cl)c1Nc1nc2cc(N)ccc2o1. The van der Waals surface area contributed by atoms with Crippen LogP contribution in [0.3, 0.4) is 0 Å². The maximum Gasteiger partial charge on any atom is 0.300 e. The highest BCUT2D eigenvalue weighted by molar-refractivity contribution is 6.33. The molecule has 4 nitrogen and oxygen atoms in total. The van der Waals surface area contributed by atoms with Gasteiger partial charge in [0.05, 0.1) is 10.7 Å². The molecule has 0 aliphatic heterocycles. The molecule has 3 rings (SSSR count). The number of benzene rings is 2. The minimum absolute atomic E-state index is 0.400. The third-order valence-electron chi connectivity index (χ3n) is 2.87. The van der Waals surface area contributed by atoms with Gasteiger partial charge in [-0.15, -0.1) is 0 Å². The number of nitrogens with one attached hydrogen (secondary N) is 1. The number of anilines is 3. The number of nitrogens with zero attached hydrogens (tertiary/aromatic N) is 1. The Morgan fingerprint density at radius 2 is 2.11 bits per heavy atom. The molecule has 0 aliphatic rings. The molecule has 0 radical (unpaired) electrons. The number of aryl methyl sites for hydroxylation is 1. The summed E-state index contributed by atoms with van der Waals surface area (Å²) in [7, 11) is 0. The van der Waals surface area contributed by atoms with Gasteiger partial charge in [-0.1, -0.05) is 23.7 Å². The zero-order chi connectivity index (χ0) is 13.4. The van der Waals surface area contributed by atoms with E-state index in [-0.39, 0.29) is 0 Å². The molecule has 0 bridgehead atoms. The fourth-order valence-corrected chi connectivity index (χ4v) is 2.16.